The lowest BCUT2D eigenvalue weighted by molar-refractivity contribution is 0.441. The quantitative estimate of drug-likeness (QED) is 0.948. The number of benzene rings is 1. The van der Waals surface area contributed by atoms with Gasteiger partial charge in [0.1, 0.15) is 11.6 Å². The Balaban J connectivity index is 2.54. The third-order valence-electron chi connectivity index (χ3n) is 2.89. The molecule has 0 saturated heterocycles. The summed E-state index contributed by atoms with van der Waals surface area (Å²) in [7, 11) is 0. The lowest BCUT2D eigenvalue weighted by Crippen LogP contribution is -2.32. The molecule has 2 N–H and O–H groups in total. The third kappa shape index (κ3) is 2.47. The summed E-state index contributed by atoms with van der Waals surface area (Å²) in [6.07, 6.45) is 0. The zero-order chi connectivity index (χ0) is 13.3. The number of rotatable bonds is 3. The van der Waals surface area contributed by atoms with Gasteiger partial charge in [0, 0.05) is 10.5 Å². The van der Waals surface area contributed by atoms with E-state index in [-0.39, 0.29) is 12.1 Å². The summed E-state index contributed by atoms with van der Waals surface area (Å²) < 4.78 is 2.94. The molecule has 0 amide bonds. The van der Waals surface area contributed by atoms with E-state index in [9.17, 15) is 0 Å². The van der Waals surface area contributed by atoms with E-state index in [1.165, 1.54) is 0 Å². The van der Waals surface area contributed by atoms with Crippen LogP contribution in [0.1, 0.15) is 30.2 Å². The fourth-order valence-corrected chi connectivity index (χ4v) is 2.67. The van der Waals surface area contributed by atoms with E-state index in [2.05, 4.69) is 32.1 Å². The maximum Gasteiger partial charge on any atom is 0.147 e. The minimum Gasteiger partial charge on any atom is -0.326 e. The second-order valence-electron chi connectivity index (χ2n) is 4.48. The molecule has 0 bridgehead atoms. The zero-order valence-electron chi connectivity index (χ0n) is 10.8. The number of hydrogen-bond acceptors (Lipinski definition) is 3. The number of halogens is 1. The average molecular weight is 309 g/mol. The Morgan fingerprint density at radius 1 is 1.28 bits per heavy atom. The van der Waals surface area contributed by atoms with Gasteiger partial charge in [-0.1, -0.05) is 34.1 Å². The molecule has 0 aliphatic carbocycles. The van der Waals surface area contributed by atoms with E-state index in [4.69, 9.17) is 5.73 Å². The normalized spacial score (nSPS) is 14.5. The molecule has 96 valence electrons. The Labute approximate surface area is 115 Å². The Bertz CT molecular complexity index is 548. The Kier molecular flexibility index (Phi) is 3.82. The van der Waals surface area contributed by atoms with Gasteiger partial charge in [0.15, 0.2) is 0 Å². The SMILES string of the molecule is Cc1nc(C)n(C(c2ccccc2Br)C(C)N)n1. The number of hydrogen-bond donors (Lipinski definition) is 1. The summed E-state index contributed by atoms with van der Waals surface area (Å²) in [5.74, 6) is 1.65. The zero-order valence-corrected chi connectivity index (χ0v) is 12.3. The standard InChI is InChI=1S/C13H17BrN4/c1-8(15)13(11-6-4-5-7-12(11)14)18-10(3)16-9(2)17-18/h4-8,13H,15H2,1-3H3. The van der Waals surface area contributed by atoms with Gasteiger partial charge in [0.2, 0.25) is 0 Å². The third-order valence-corrected chi connectivity index (χ3v) is 3.62. The van der Waals surface area contributed by atoms with Crippen LogP contribution in [0, 0.1) is 13.8 Å². The van der Waals surface area contributed by atoms with Gasteiger partial charge in [-0.2, -0.15) is 5.10 Å². The Morgan fingerprint density at radius 3 is 2.44 bits per heavy atom. The van der Waals surface area contributed by atoms with Crippen LogP contribution >= 0.6 is 15.9 Å². The average Bonchev–Trinajstić information content (AvgIpc) is 2.61. The van der Waals surface area contributed by atoms with Crippen LogP contribution in [0.15, 0.2) is 28.7 Å². The Morgan fingerprint density at radius 2 is 1.94 bits per heavy atom. The predicted octanol–water partition coefficient (Wildman–Crippen LogP) is 2.59. The monoisotopic (exact) mass is 308 g/mol. The molecule has 0 radical (unpaired) electrons. The van der Waals surface area contributed by atoms with Crippen molar-refractivity contribution in [3.63, 3.8) is 0 Å². The maximum absolute atomic E-state index is 6.14. The molecule has 0 aliphatic rings. The van der Waals surface area contributed by atoms with Crippen LogP contribution in [0.2, 0.25) is 0 Å². The summed E-state index contributed by atoms with van der Waals surface area (Å²) >= 11 is 3.58. The van der Waals surface area contributed by atoms with E-state index in [0.717, 1.165) is 21.7 Å². The first-order chi connectivity index (χ1) is 8.50. The fourth-order valence-electron chi connectivity index (χ4n) is 2.15. The second kappa shape index (κ2) is 5.20. The molecular formula is C13H17BrN4. The van der Waals surface area contributed by atoms with E-state index in [0.29, 0.717) is 0 Å². The van der Waals surface area contributed by atoms with Crippen molar-refractivity contribution in [3.8, 4) is 0 Å². The summed E-state index contributed by atoms with van der Waals surface area (Å²) in [6, 6.07) is 8.02. The number of aromatic nitrogens is 3. The van der Waals surface area contributed by atoms with Crippen LogP contribution in [-0.2, 0) is 0 Å². The minimum absolute atomic E-state index is 0.0122. The van der Waals surface area contributed by atoms with E-state index >= 15 is 0 Å². The smallest absolute Gasteiger partial charge is 0.147 e. The van der Waals surface area contributed by atoms with Crippen LogP contribution in [0.4, 0.5) is 0 Å². The van der Waals surface area contributed by atoms with Crippen LogP contribution in [0.3, 0.4) is 0 Å². The summed E-state index contributed by atoms with van der Waals surface area (Å²) in [5, 5.41) is 4.45. The topological polar surface area (TPSA) is 56.7 Å². The van der Waals surface area contributed by atoms with Crippen molar-refractivity contribution in [2.75, 3.05) is 0 Å². The van der Waals surface area contributed by atoms with Crippen LogP contribution < -0.4 is 5.73 Å². The first-order valence-corrected chi connectivity index (χ1v) is 6.69. The second-order valence-corrected chi connectivity index (χ2v) is 5.33. The van der Waals surface area contributed by atoms with Crippen molar-refractivity contribution in [1.82, 2.24) is 14.8 Å². The molecule has 0 spiro atoms. The number of nitrogens with two attached hydrogens (primary N) is 1. The van der Waals surface area contributed by atoms with Gasteiger partial charge in [0.05, 0.1) is 6.04 Å². The van der Waals surface area contributed by atoms with Crippen molar-refractivity contribution >= 4 is 15.9 Å². The first kappa shape index (κ1) is 13.2. The van der Waals surface area contributed by atoms with Crippen molar-refractivity contribution in [1.29, 1.82) is 0 Å². The highest BCUT2D eigenvalue weighted by Crippen LogP contribution is 2.28. The van der Waals surface area contributed by atoms with Gasteiger partial charge in [-0.05, 0) is 32.4 Å². The number of aryl methyl sites for hydroxylation is 2. The van der Waals surface area contributed by atoms with E-state index in [1.54, 1.807) is 0 Å². The van der Waals surface area contributed by atoms with Gasteiger partial charge in [-0.3, -0.25) is 0 Å². The van der Waals surface area contributed by atoms with Gasteiger partial charge in [0.25, 0.3) is 0 Å². The Hall–Kier alpha value is -1.20. The lowest BCUT2D eigenvalue weighted by atomic mass is 10.0. The molecule has 5 heteroatoms. The van der Waals surface area contributed by atoms with E-state index < -0.39 is 0 Å². The highest BCUT2D eigenvalue weighted by molar-refractivity contribution is 9.10. The summed E-state index contributed by atoms with van der Waals surface area (Å²) in [6.45, 7) is 5.83. The van der Waals surface area contributed by atoms with Crippen molar-refractivity contribution < 1.29 is 0 Å². The summed E-state index contributed by atoms with van der Waals surface area (Å²) in [5.41, 5.74) is 7.26. The molecule has 2 unspecified atom stereocenters. The molecule has 1 aromatic heterocycles. The lowest BCUT2D eigenvalue weighted by Gasteiger charge is -2.23. The van der Waals surface area contributed by atoms with E-state index in [1.807, 2.05) is 43.7 Å². The molecule has 0 saturated carbocycles. The highest BCUT2D eigenvalue weighted by atomic mass is 79.9. The van der Waals surface area contributed by atoms with Crippen LogP contribution in [0.25, 0.3) is 0 Å². The predicted molar refractivity (Wildman–Crippen MR) is 75.4 cm³/mol. The highest BCUT2D eigenvalue weighted by Gasteiger charge is 2.23. The van der Waals surface area contributed by atoms with Crippen molar-refractivity contribution in [2.24, 2.45) is 5.73 Å². The molecule has 1 heterocycles. The molecule has 0 aliphatic heterocycles. The molecule has 2 atom stereocenters. The van der Waals surface area contributed by atoms with Gasteiger partial charge >= 0.3 is 0 Å². The fraction of sp³-hybridized carbons (Fsp3) is 0.385. The van der Waals surface area contributed by atoms with Gasteiger partial charge in [-0.15, -0.1) is 0 Å². The van der Waals surface area contributed by atoms with Gasteiger partial charge in [-0.25, -0.2) is 9.67 Å². The molecule has 2 aromatic rings. The van der Waals surface area contributed by atoms with Crippen LogP contribution in [-0.4, -0.2) is 20.8 Å². The van der Waals surface area contributed by atoms with Crippen LogP contribution in [0.5, 0.6) is 0 Å². The molecule has 0 fully saturated rings. The first-order valence-electron chi connectivity index (χ1n) is 5.90. The van der Waals surface area contributed by atoms with Crippen molar-refractivity contribution in [3.05, 3.63) is 46.0 Å². The largest absolute Gasteiger partial charge is 0.326 e. The molecular weight excluding hydrogens is 292 g/mol. The maximum atomic E-state index is 6.14. The number of nitrogens with zero attached hydrogens (tertiary/aromatic N) is 3. The van der Waals surface area contributed by atoms with Crippen molar-refractivity contribution in [2.45, 2.75) is 32.9 Å². The summed E-state index contributed by atoms with van der Waals surface area (Å²) in [4.78, 5) is 4.35. The molecule has 1 aromatic carbocycles. The van der Waals surface area contributed by atoms with Gasteiger partial charge < -0.3 is 5.73 Å². The molecule has 2 rings (SSSR count). The molecule has 18 heavy (non-hydrogen) atoms. The minimum atomic E-state index is -0.0523. The molecule has 4 nitrogen and oxygen atoms in total.